The van der Waals surface area contributed by atoms with Crippen molar-refractivity contribution in [2.45, 2.75) is 26.9 Å². The second-order valence-electron chi connectivity index (χ2n) is 3.84. The molecule has 5 nitrogen and oxygen atoms in total. The zero-order valence-electron chi connectivity index (χ0n) is 10.5. The lowest BCUT2D eigenvalue weighted by Crippen LogP contribution is -2.23. The van der Waals surface area contributed by atoms with Crippen LogP contribution in [0.1, 0.15) is 23.7 Å². The molecule has 1 aromatic rings. The molecule has 0 saturated carbocycles. The quantitative estimate of drug-likeness (QED) is 0.796. The zero-order chi connectivity index (χ0) is 13.0. The largest absolute Gasteiger partial charge is 0.471 e. The fourth-order valence-corrected chi connectivity index (χ4v) is 1.66. The highest BCUT2D eigenvalue weighted by atomic mass is 32.1. The molecule has 17 heavy (non-hydrogen) atoms. The van der Waals surface area contributed by atoms with Crippen LogP contribution in [0.25, 0.3) is 0 Å². The minimum absolute atomic E-state index is 0.135. The Hall–Kier alpha value is -1.27. The Morgan fingerprint density at radius 3 is 2.59 bits per heavy atom. The summed E-state index contributed by atoms with van der Waals surface area (Å²) < 4.78 is 10.6. The van der Waals surface area contributed by atoms with Crippen LogP contribution >= 0.6 is 12.2 Å². The number of nitrogens with two attached hydrogens (primary N) is 1. The molecule has 0 aliphatic rings. The summed E-state index contributed by atoms with van der Waals surface area (Å²) >= 11 is 5.01. The summed E-state index contributed by atoms with van der Waals surface area (Å²) in [6.45, 7) is 6.09. The Bertz CT molecular complexity index is 423. The molecule has 1 unspecified atom stereocenters. The lowest BCUT2D eigenvalue weighted by Gasteiger charge is -2.16. The molecule has 0 bridgehead atoms. The van der Waals surface area contributed by atoms with Crippen molar-refractivity contribution in [3.8, 4) is 5.88 Å². The minimum atomic E-state index is -0.135. The van der Waals surface area contributed by atoms with Crippen LogP contribution in [0.2, 0.25) is 0 Å². The molecule has 0 amide bonds. The van der Waals surface area contributed by atoms with Crippen molar-refractivity contribution in [1.82, 2.24) is 10.2 Å². The third-order valence-electron chi connectivity index (χ3n) is 2.38. The van der Waals surface area contributed by atoms with E-state index in [2.05, 4.69) is 10.2 Å². The van der Waals surface area contributed by atoms with E-state index in [0.717, 1.165) is 11.3 Å². The van der Waals surface area contributed by atoms with Crippen LogP contribution in [0, 0.1) is 13.8 Å². The van der Waals surface area contributed by atoms with Gasteiger partial charge in [-0.05, 0) is 26.3 Å². The SMILES string of the molecule is COCC(C)Oc1nnc(C)c(C)c1C(N)=S. The number of aryl methyl sites for hydroxylation is 1. The maximum Gasteiger partial charge on any atom is 0.244 e. The first-order chi connectivity index (χ1) is 7.97. The Morgan fingerprint density at radius 2 is 2.06 bits per heavy atom. The molecular formula is C11H17N3O2S. The van der Waals surface area contributed by atoms with Gasteiger partial charge in [0.2, 0.25) is 5.88 Å². The van der Waals surface area contributed by atoms with Gasteiger partial charge in [0.25, 0.3) is 0 Å². The molecule has 0 spiro atoms. The number of nitrogens with zero attached hydrogens (tertiary/aromatic N) is 2. The zero-order valence-corrected chi connectivity index (χ0v) is 11.3. The highest BCUT2D eigenvalue weighted by molar-refractivity contribution is 7.80. The Balaban J connectivity index is 3.07. The maximum absolute atomic E-state index is 5.69. The van der Waals surface area contributed by atoms with Gasteiger partial charge in [-0.1, -0.05) is 12.2 Å². The smallest absolute Gasteiger partial charge is 0.244 e. The van der Waals surface area contributed by atoms with Gasteiger partial charge in [-0.25, -0.2) is 0 Å². The van der Waals surface area contributed by atoms with Gasteiger partial charge >= 0.3 is 0 Å². The van der Waals surface area contributed by atoms with Gasteiger partial charge < -0.3 is 15.2 Å². The normalized spacial score (nSPS) is 12.2. The summed E-state index contributed by atoms with van der Waals surface area (Å²) in [7, 11) is 1.61. The molecule has 1 aromatic heterocycles. The van der Waals surface area contributed by atoms with Crippen molar-refractivity contribution in [2.75, 3.05) is 13.7 Å². The number of rotatable bonds is 5. The number of hydrogen-bond acceptors (Lipinski definition) is 5. The lowest BCUT2D eigenvalue weighted by atomic mass is 10.1. The molecule has 6 heteroatoms. The van der Waals surface area contributed by atoms with Crippen LogP contribution in [0.4, 0.5) is 0 Å². The van der Waals surface area contributed by atoms with E-state index in [4.69, 9.17) is 27.4 Å². The molecule has 0 aromatic carbocycles. The highest BCUT2D eigenvalue weighted by Gasteiger charge is 2.16. The fourth-order valence-electron chi connectivity index (χ4n) is 1.42. The van der Waals surface area contributed by atoms with Crippen molar-refractivity contribution in [3.63, 3.8) is 0 Å². The summed E-state index contributed by atoms with van der Waals surface area (Å²) in [5.74, 6) is 0.366. The van der Waals surface area contributed by atoms with Crippen LogP contribution in [0.3, 0.4) is 0 Å². The lowest BCUT2D eigenvalue weighted by molar-refractivity contribution is 0.0880. The molecule has 0 aliphatic carbocycles. The van der Waals surface area contributed by atoms with E-state index in [1.807, 2.05) is 20.8 Å². The molecular weight excluding hydrogens is 238 g/mol. The molecule has 0 saturated heterocycles. The topological polar surface area (TPSA) is 70.3 Å². The van der Waals surface area contributed by atoms with Crippen LogP contribution in [-0.4, -0.2) is 35.0 Å². The molecule has 2 N–H and O–H groups in total. The van der Waals surface area contributed by atoms with Crippen molar-refractivity contribution in [3.05, 3.63) is 16.8 Å². The van der Waals surface area contributed by atoms with Gasteiger partial charge in [0, 0.05) is 7.11 Å². The second kappa shape index (κ2) is 5.88. The fraction of sp³-hybridized carbons (Fsp3) is 0.545. The van der Waals surface area contributed by atoms with Crippen LogP contribution in [0.15, 0.2) is 0 Å². The first-order valence-electron chi connectivity index (χ1n) is 5.26. The van der Waals surface area contributed by atoms with E-state index in [1.54, 1.807) is 7.11 Å². The summed E-state index contributed by atoms with van der Waals surface area (Å²) in [5, 5.41) is 7.99. The van der Waals surface area contributed by atoms with Gasteiger partial charge in [0.1, 0.15) is 11.1 Å². The first-order valence-corrected chi connectivity index (χ1v) is 5.67. The maximum atomic E-state index is 5.69. The van der Waals surface area contributed by atoms with Crippen molar-refractivity contribution in [2.24, 2.45) is 5.73 Å². The number of ether oxygens (including phenoxy) is 2. The van der Waals surface area contributed by atoms with Gasteiger partial charge in [0.15, 0.2) is 0 Å². The average molecular weight is 255 g/mol. The predicted octanol–water partition coefficient (Wildman–Crippen LogP) is 1.14. The van der Waals surface area contributed by atoms with Gasteiger partial charge in [0.05, 0.1) is 17.9 Å². The van der Waals surface area contributed by atoms with Crippen LogP contribution in [0.5, 0.6) is 5.88 Å². The highest BCUT2D eigenvalue weighted by Crippen LogP contribution is 2.21. The number of methoxy groups -OCH3 is 1. The monoisotopic (exact) mass is 255 g/mol. The summed E-state index contributed by atoms with van der Waals surface area (Å²) in [6.07, 6.45) is -0.135. The summed E-state index contributed by atoms with van der Waals surface area (Å²) in [5.41, 5.74) is 8.02. The summed E-state index contributed by atoms with van der Waals surface area (Å²) in [4.78, 5) is 0.264. The van der Waals surface area contributed by atoms with Gasteiger partial charge in [-0.3, -0.25) is 0 Å². The van der Waals surface area contributed by atoms with Crippen molar-refractivity contribution < 1.29 is 9.47 Å². The molecule has 1 rings (SSSR count). The van der Waals surface area contributed by atoms with E-state index in [-0.39, 0.29) is 11.1 Å². The van der Waals surface area contributed by atoms with E-state index >= 15 is 0 Å². The average Bonchev–Trinajstić information content (AvgIpc) is 2.23. The third kappa shape index (κ3) is 3.34. The van der Waals surface area contributed by atoms with Crippen molar-refractivity contribution in [1.29, 1.82) is 0 Å². The molecule has 0 aliphatic heterocycles. The molecule has 0 fully saturated rings. The van der Waals surface area contributed by atoms with Crippen molar-refractivity contribution >= 4 is 17.2 Å². The van der Waals surface area contributed by atoms with E-state index in [9.17, 15) is 0 Å². The number of thiocarbonyl (C=S) groups is 1. The standard InChI is InChI=1S/C11H17N3O2S/c1-6(5-15-4)16-11-9(10(12)17)7(2)8(3)13-14-11/h6H,5H2,1-4H3,(H2,12,17). The molecule has 94 valence electrons. The van der Waals surface area contributed by atoms with Gasteiger partial charge in [-0.15, -0.1) is 5.10 Å². The van der Waals surface area contributed by atoms with Crippen LogP contribution in [-0.2, 0) is 4.74 Å². The third-order valence-corrected chi connectivity index (χ3v) is 2.59. The number of aromatic nitrogens is 2. The molecule has 1 heterocycles. The van der Waals surface area contributed by atoms with Gasteiger partial charge in [-0.2, -0.15) is 5.10 Å². The van der Waals surface area contributed by atoms with Crippen LogP contribution < -0.4 is 10.5 Å². The Labute approximate surface area is 106 Å². The second-order valence-corrected chi connectivity index (χ2v) is 4.28. The molecule has 1 atom stereocenters. The van der Waals surface area contributed by atoms with E-state index < -0.39 is 0 Å². The Kier molecular flexibility index (Phi) is 4.77. The first kappa shape index (κ1) is 13.8. The predicted molar refractivity (Wildman–Crippen MR) is 69.4 cm³/mol. The summed E-state index contributed by atoms with van der Waals surface area (Å²) in [6, 6.07) is 0. The number of hydrogen-bond donors (Lipinski definition) is 1. The minimum Gasteiger partial charge on any atom is -0.471 e. The van der Waals surface area contributed by atoms with E-state index in [1.165, 1.54) is 0 Å². The Morgan fingerprint density at radius 1 is 1.41 bits per heavy atom. The molecule has 0 radical (unpaired) electrons. The van der Waals surface area contributed by atoms with E-state index in [0.29, 0.717) is 18.1 Å².